The summed E-state index contributed by atoms with van der Waals surface area (Å²) in [5.74, 6) is 0.758. The summed E-state index contributed by atoms with van der Waals surface area (Å²) in [4.78, 5) is 12.6. The number of urea groups is 1. The van der Waals surface area contributed by atoms with Gasteiger partial charge in [-0.25, -0.2) is 9.48 Å². The lowest BCUT2D eigenvalue weighted by atomic mass is 9.87. The van der Waals surface area contributed by atoms with Crippen LogP contribution in [0.4, 0.5) is 18.0 Å². The zero-order chi connectivity index (χ0) is 23.6. The number of hydrogen-bond donors (Lipinski definition) is 2. The molecule has 0 aliphatic heterocycles. The van der Waals surface area contributed by atoms with Crippen molar-refractivity contribution in [1.82, 2.24) is 20.4 Å². The molecule has 174 valence electrons. The highest BCUT2D eigenvalue weighted by molar-refractivity contribution is 6.30. The van der Waals surface area contributed by atoms with E-state index in [-0.39, 0.29) is 18.3 Å². The Morgan fingerprint density at radius 1 is 1.24 bits per heavy atom. The van der Waals surface area contributed by atoms with Gasteiger partial charge in [0.15, 0.2) is 5.69 Å². The summed E-state index contributed by atoms with van der Waals surface area (Å²) in [7, 11) is 1.60. The van der Waals surface area contributed by atoms with Crippen LogP contribution >= 0.6 is 11.6 Å². The van der Waals surface area contributed by atoms with Gasteiger partial charge in [-0.3, -0.25) is 0 Å². The van der Waals surface area contributed by atoms with Crippen molar-refractivity contribution in [2.45, 2.75) is 38.0 Å². The van der Waals surface area contributed by atoms with Crippen LogP contribution in [0.25, 0.3) is 5.69 Å². The smallest absolute Gasteiger partial charge is 0.435 e. The number of nitrogens with zero attached hydrogens (tertiary/aromatic N) is 2. The van der Waals surface area contributed by atoms with Crippen LogP contribution in [0, 0.1) is 0 Å². The lowest BCUT2D eigenvalue weighted by Gasteiger charge is -2.27. The fourth-order valence-corrected chi connectivity index (χ4v) is 4.15. The van der Waals surface area contributed by atoms with E-state index in [0.717, 1.165) is 46.9 Å². The Balaban J connectivity index is 1.49. The van der Waals surface area contributed by atoms with Crippen molar-refractivity contribution in [2.24, 2.45) is 0 Å². The molecule has 1 aromatic heterocycles. The first kappa shape index (κ1) is 23.0. The number of hydrogen-bond acceptors (Lipinski definition) is 3. The average Bonchev–Trinajstić information content (AvgIpc) is 3.22. The number of amides is 2. The molecule has 2 aromatic carbocycles. The average molecular weight is 479 g/mol. The molecule has 0 radical (unpaired) electrons. The summed E-state index contributed by atoms with van der Waals surface area (Å²) in [6.45, 7) is -0.149. The van der Waals surface area contributed by atoms with Gasteiger partial charge in [0.05, 0.1) is 31.1 Å². The molecule has 2 amide bonds. The number of benzene rings is 2. The van der Waals surface area contributed by atoms with Crippen molar-refractivity contribution in [3.63, 3.8) is 0 Å². The van der Waals surface area contributed by atoms with Gasteiger partial charge in [0, 0.05) is 5.02 Å². The van der Waals surface area contributed by atoms with Crippen molar-refractivity contribution in [3.8, 4) is 11.4 Å². The van der Waals surface area contributed by atoms with Gasteiger partial charge in [0.25, 0.3) is 0 Å². The minimum atomic E-state index is -4.62. The standard InChI is InChI=1S/C23H22ClF3N4O2/c1-33-18-8-9-19-14(10-18)4-2-7-20(19)29-22(32)28-13-17-12-21(23(25,26)27)30-31(17)16-6-3-5-15(24)11-16/h3,5-6,8-12,20H,2,4,7,13H2,1H3,(H2,28,29,32). The maximum atomic E-state index is 13.3. The van der Waals surface area contributed by atoms with E-state index >= 15 is 0 Å². The summed E-state index contributed by atoms with van der Waals surface area (Å²) < 4.78 is 46.2. The molecule has 1 atom stereocenters. The molecule has 4 rings (SSSR count). The molecule has 1 aliphatic carbocycles. The monoisotopic (exact) mass is 478 g/mol. The van der Waals surface area contributed by atoms with E-state index in [1.807, 2.05) is 18.2 Å². The molecule has 10 heteroatoms. The Morgan fingerprint density at radius 3 is 2.79 bits per heavy atom. The van der Waals surface area contributed by atoms with Crippen molar-refractivity contribution >= 4 is 17.6 Å². The second-order valence-electron chi connectivity index (χ2n) is 7.75. The van der Waals surface area contributed by atoms with Crippen molar-refractivity contribution in [1.29, 1.82) is 0 Å². The lowest BCUT2D eigenvalue weighted by molar-refractivity contribution is -0.141. The number of carbonyl (C=O) groups excluding carboxylic acids is 1. The lowest BCUT2D eigenvalue weighted by Crippen LogP contribution is -2.39. The van der Waals surface area contributed by atoms with E-state index in [0.29, 0.717) is 10.7 Å². The number of fused-ring (bicyclic) bond motifs is 1. The van der Waals surface area contributed by atoms with E-state index in [2.05, 4.69) is 15.7 Å². The zero-order valence-corrected chi connectivity index (χ0v) is 18.5. The van der Waals surface area contributed by atoms with Gasteiger partial charge < -0.3 is 15.4 Å². The third kappa shape index (κ3) is 5.24. The number of rotatable bonds is 5. The quantitative estimate of drug-likeness (QED) is 0.514. The van der Waals surface area contributed by atoms with Gasteiger partial charge in [-0.15, -0.1) is 0 Å². The van der Waals surface area contributed by atoms with Gasteiger partial charge >= 0.3 is 12.2 Å². The molecule has 0 saturated carbocycles. The number of ether oxygens (including phenoxy) is 1. The minimum absolute atomic E-state index is 0.149. The molecule has 1 unspecified atom stereocenters. The molecule has 0 fully saturated rings. The summed E-state index contributed by atoms with van der Waals surface area (Å²) in [6.07, 6.45) is -2.05. The maximum Gasteiger partial charge on any atom is 0.435 e. The highest BCUT2D eigenvalue weighted by atomic mass is 35.5. The minimum Gasteiger partial charge on any atom is -0.497 e. The number of aryl methyl sites for hydroxylation is 1. The topological polar surface area (TPSA) is 68.2 Å². The van der Waals surface area contributed by atoms with Gasteiger partial charge in [-0.2, -0.15) is 18.3 Å². The van der Waals surface area contributed by atoms with Crippen LogP contribution < -0.4 is 15.4 Å². The SMILES string of the molecule is COc1ccc2c(c1)CCCC2NC(=O)NCc1cc(C(F)(F)F)nn1-c1cccc(Cl)c1. The Hall–Kier alpha value is -3.20. The van der Waals surface area contributed by atoms with E-state index in [4.69, 9.17) is 16.3 Å². The van der Waals surface area contributed by atoms with Crippen LogP contribution in [-0.4, -0.2) is 22.9 Å². The van der Waals surface area contributed by atoms with Crippen LogP contribution in [0.2, 0.25) is 5.02 Å². The summed E-state index contributed by atoms with van der Waals surface area (Å²) in [6, 6.07) is 12.3. The first-order valence-electron chi connectivity index (χ1n) is 10.4. The first-order chi connectivity index (χ1) is 15.7. The zero-order valence-electron chi connectivity index (χ0n) is 17.7. The molecule has 0 bridgehead atoms. The number of carbonyl (C=O) groups is 1. The predicted octanol–water partition coefficient (Wildman–Crippen LogP) is 5.43. The Labute approximate surface area is 193 Å². The molecule has 1 aliphatic rings. The maximum absolute atomic E-state index is 13.3. The summed E-state index contributed by atoms with van der Waals surface area (Å²) in [5, 5.41) is 9.62. The van der Waals surface area contributed by atoms with Crippen LogP contribution in [0.5, 0.6) is 5.75 Å². The van der Waals surface area contributed by atoms with Crippen molar-refractivity contribution in [3.05, 3.63) is 76.1 Å². The third-order valence-electron chi connectivity index (χ3n) is 5.53. The summed E-state index contributed by atoms with van der Waals surface area (Å²) in [5.41, 5.74) is 1.62. The highest BCUT2D eigenvalue weighted by Gasteiger charge is 2.35. The molecular weight excluding hydrogens is 457 g/mol. The second-order valence-corrected chi connectivity index (χ2v) is 8.18. The number of halogens is 4. The first-order valence-corrected chi connectivity index (χ1v) is 10.8. The Kier molecular flexibility index (Phi) is 6.51. The number of methoxy groups -OCH3 is 1. The van der Waals surface area contributed by atoms with Crippen LogP contribution in [0.3, 0.4) is 0 Å². The highest BCUT2D eigenvalue weighted by Crippen LogP contribution is 2.32. The van der Waals surface area contributed by atoms with Gasteiger partial charge in [0.1, 0.15) is 5.75 Å². The van der Waals surface area contributed by atoms with Crippen LogP contribution in [-0.2, 0) is 19.1 Å². The molecule has 33 heavy (non-hydrogen) atoms. The Morgan fingerprint density at radius 2 is 2.06 bits per heavy atom. The molecule has 6 nitrogen and oxygen atoms in total. The van der Waals surface area contributed by atoms with Crippen LogP contribution in [0.15, 0.2) is 48.5 Å². The second kappa shape index (κ2) is 9.35. The fourth-order valence-electron chi connectivity index (χ4n) is 3.96. The molecular formula is C23H22ClF3N4O2. The molecule has 0 saturated heterocycles. The molecule has 1 heterocycles. The van der Waals surface area contributed by atoms with Gasteiger partial charge in [-0.1, -0.05) is 23.7 Å². The molecule has 2 N–H and O–H groups in total. The molecule has 3 aromatic rings. The number of aromatic nitrogens is 2. The third-order valence-corrected chi connectivity index (χ3v) is 5.76. The largest absolute Gasteiger partial charge is 0.497 e. The van der Waals surface area contributed by atoms with Gasteiger partial charge in [-0.05, 0) is 66.8 Å². The number of nitrogens with one attached hydrogen (secondary N) is 2. The predicted molar refractivity (Wildman–Crippen MR) is 118 cm³/mol. The molecule has 0 spiro atoms. The number of alkyl halides is 3. The summed E-state index contributed by atoms with van der Waals surface area (Å²) >= 11 is 5.99. The Bertz CT molecular complexity index is 1160. The van der Waals surface area contributed by atoms with E-state index in [1.165, 1.54) is 6.07 Å². The van der Waals surface area contributed by atoms with Crippen LogP contribution in [0.1, 0.15) is 41.4 Å². The van der Waals surface area contributed by atoms with Crippen molar-refractivity contribution < 1.29 is 22.7 Å². The van der Waals surface area contributed by atoms with E-state index in [1.54, 1.807) is 25.3 Å². The van der Waals surface area contributed by atoms with E-state index < -0.39 is 17.9 Å². The normalized spacial score (nSPS) is 15.6. The van der Waals surface area contributed by atoms with Gasteiger partial charge in [0.2, 0.25) is 0 Å². The van der Waals surface area contributed by atoms with E-state index in [9.17, 15) is 18.0 Å². The van der Waals surface area contributed by atoms with Crippen molar-refractivity contribution in [2.75, 3.05) is 7.11 Å². The fraction of sp³-hybridized carbons (Fsp3) is 0.304.